The van der Waals surface area contributed by atoms with Crippen molar-refractivity contribution in [2.24, 2.45) is 0 Å². The molecular weight excluding hydrogens is 562 g/mol. The van der Waals surface area contributed by atoms with Crippen molar-refractivity contribution in [3.8, 4) is 5.75 Å². The summed E-state index contributed by atoms with van der Waals surface area (Å²) in [6, 6.07) is 5.17. The van der Waals surface area contributed by atoms with Crippen molar-refractivity contribution in [3.05, 3.63) is 45.3 Å². The van der Waals surface area contributed by atoms with E-state index in [0.717, 1.165) is 16.0 Å². The number of esters is 2. The first kappa shape index (κ1) is 31.5. The lowest BCUT2D eigenvalue weighted by Gasteiger charge is -2.34. The van der Waals surface area contributed by atoms with Crippen molar-refractivity contribution in [2.45, 2.75) is 84.8 Å². The van der Waals surface area contributed by atoms with Gasteiger partial charge in [-0.3, -0.25) is 14.5 Å². The van der Waals surface area contributed by atoms with Crippen LogP contribution in [0.2, 0.25) is 0 Å². The molecule has 1 N–H and O–H groups in total. The monoisotopic (exact) mass is 601 g/mol. The summed E-state index contributed by atoms with van der Waals surface area (Å²) in [5.41, 5.74) is 1.08. The Kier molecular flexibility index (Phi) is 9.00. The van der Waals surface area contributed by atoms with Crippen LogP contribution >= 0.6 is 11.3 Å². The van der Waals surface area contributed by atoms with Crippen molar-refractivity contribution in [1.82, 2.24) is 9.80 Å². The molecule has 0 radical (unpaired) electrons. The van der Waals surface area contributed by atoms with Gasteiger partial charge in [-0.2, -0.15) is 0 Å². The Morgan fingerprint density at radius 1 is 0.976 bits per heavy atom. The molecule has 3 heterocycles. The predicted molar refractivity (Wildman–Crippen MR) is 156 cm³/mol. The molecule has 2 aliphatic rings. The molecule has 2 aromatic rings. The summed E-state index contributed by atoms with van der Waals surface area (Å²) in [5.74, 6) is -2.09. The first-order valence-electron chi connectivity index (χ1n) is 13.7. The highest BCUT2D eigenvalue weighted by atomic mass is 32.1. The van der Waals surface area contributed by atoms with Crippen LogP contribution in [0, 0.1) is 0 Å². The standard InChI is InChI=1S/C30H39N3O8S/c1-29(2,3)40-27(36)23-18-12-20(26(35)33-13-17-10-9-11-21(19(17)14-33)39-16-38-8)32(7)15-22(18)42-25(23)31-24(34)28(37)41-30(4,5)6/h9-11,20H,12-16H2,1-8H3,(H,31,34). The maximum Gasteiger partial charge on any atom is 0.397 e. The van der Waals surface area contributed by atoms with Gasteiger partial charge in [0.1, 0.15) is 22.0 Å². The number of benzene rings is 1. The van der Waals surface area contributed by atoms with Gasteiger partial charge in [0.25, 0.3) is 0 Å². The van der Waals surface area contributed by atoms with Crippen LogP contribution in [-0.4, -0.2) is 71.7 Å². The molecule has 0 bridgehead atoms. The van der Waals surface area contributed by atoms with E-state index in [4.69, 9.17) is 18.9 Å². The molecule has 228 valence electrons. The van der Waals surface area contributed by atoms with Crippen molar-refractivity contribution in [2.75, 3.05) is 26.3 Å². The van der Waals surface area contributed by atoms with Crippen LogP contribution in [0.5, 0.6) is 5.75 Å². The van der Waals surface area contributed by atoms with Gasteiger partial charge in [0.2, 0.25) is 5.91 Å². The van der Waals surface area contributed by atoms with Crippen LogP contribution in [0.4, 0.5) is 5.00 Å². The lowest BCUT2D eigenvalue weighted by Crippen LogP contribution is -2.48. The van der Waals surface area contributed by atoms with Gasteiger partial charge < -0.3 is 29.2 Å². The van der Waals surface area contributed by atoms with E-state index in [1.165, 1.54) is 11.3 Å². The van der Waals surface area contributed by atoms with Gasteiger partial charge in [0, 0.05) is 30.6 Å². The Labute approximate surface area is 250 Å². The van der Waals surface area contributed by atoms with Crippen LogP contribution in [-0.2, 0) is 54.6 Å². The lowest BCUT2D eigenvalue weighted by molar-refractivity contribution is -0.161. The van der Waals surface area contributed by atoms with Gasteiger partial charge in [-0.1, -0.05) is 12.1 Å². The summed E-state index contributed by atoms with van der Waals surface area (Å²) in [6.45, 7) is 11.5. The van der Waals surface area contributed by atoms with Gasteiger partial charge in [0.15, 0.2) is 6.79 Å². The zero-order chi connectivity index (χ0) is 31.0. The molecule has 1 aromatic heterocycles. The van der Waals surface area contributed by atoms with Crippen molar-refractivity contribution < 1.29 is 38.1 Å². The van der Waals surface area contributed by atoms with E-state index >= 15 is 0 Å². The van der Waals surface area contributed by atoms with E-state index in [0.29, 0.717) is 30.9 Å². The van der Waals surface area contributed by atoms with Gasteiger partial charge in [0.05, 0.1) is 18.2 Å². The second-order valence-corrected chi connectivity index (χ2v) is 13.5. The molecule has 1 atom stereocenters. The molecule has 1 unspecified atom stereocenters. The molecule has 4 rings (SSSR count). The summed E-state index contributed by atoms with van der Waals surface area (Å²) in [5, 5.41) is 2.77. The van der Waals surface area contributed by atoms with E-state index < -0.39 is 35.1 Å². The number of anilines is 1. The SMILES string of the molecule is COCOc1cccc2c1CN(C(=O)C1Cc3c(sc(NC(=O)C(=O)OC(C)(C)C)c3C(=O)OC(C)(C)C)CN1C)C2. The van der Waals surface area contributed by atoms with E-state index in [1.807, 2.05) is 30.1 Å². The van der Waals surface area contributed by atoms with Gasteiger partial charge in [-0.05, 0) is 72.2 Å². The quantitative estimate of drug-likeness (QED) is 0.299. The van der Waals surface area contributed by atoms with Gasteiger partial charge in [-0.15, -0.1) is 11.3 Å². The number of likely N-dealkylation sites (N-methyl/N-ethyl adjacent to an activating group) is 1. The fraction of sp³-hybridized carbons (Fsp3) is 0.533. The molecule has 11 nitrogen and oxygen atoms in total. The molecule has 0 aliphatic carbocycles. The number of nitrogens with one attached hydrogen (secondary N) is 1. The maximum absolute atomic E-state index is 13.9. The third-order valence-corrected chi connectivity index (χ3v) is 7.83. The first-order chi connectivity index (χ1) is 19.6. The van der Waals surface area contributed by atoms with E-state index in [2.05, 4.69) is 5.32 Å². The Morgan fingerprint density at radius 2 is 1.67 bits per heavy atom. The van der Waals surface area contributed by atoms with Crippen LogP contribution in [0.15, 0.2) is 18.2 Å². The molecule has 2 aliphatic heterocycles. The number of carbonyl (C=O) groups is 4. The van der Waals surface area contributed by atoms with Crippen molar-refractivity contribution >= 4 is 40.1 Å². The summed E-state index contributed by atoms with van der Waals surface area (Å²) < 4.78 is 21.6. The molecule has 0 fully saturated rings. The summed E-state index contributed by atoms with van der Waals surface area (Å²) in [6.07, 6.45) is 0.234. The minimum Gasteiger partial charge on any atom is -0.467 e. The zero-order valence-corrected chi connectivity index (χ0v) is 26.2. The summed E-state index contributed by atoms with van der Waals surface area (Å²) in [7, 11) is 3.41. The van der Waals surface area contributed by atoms with Crippen molar-refractivity contribution in [3.63, 3.8) is 0 Å². The fourth-order valence-corrected chi connectivity index (χ4v) is 6.22. The molecule has 0 saturated carbocycles. The topological polar surface area (TPSA) is 124 Å². The highest BCUT2D eigenvalue weighted by Gasteiger charge is 2.40. The van der Waals surface area contributed by atoms with Crippen LogP contribution in [0.1, 0.15) is 73.5 Å². The number of hydrogen-bond donors (Lipinski definition) is 1. The molecule has 0 saturated heterocycles. The average Bonchev–Trinajstić information content (AvgIpc) is 3.45. The number of hydrogen-bond acceptors (Lipinski definition) is 10. The number of methoxy groups -OCH3 is 1. The third kappa shape index (κ3) is 7.11. The maximum atomic E-state index is 13.9. The minimum absolute atomic E-state index is 0.0854. The number of carbonyl (C=O) groups excluding carboxylic acids is 4. The summed E-state index contributed by atoms with van der Waals surface area (Å²) in [4.78, 5) is 57.1. The van der Waals surface area contributed by atoms with Crippen LogP contribution in [0.3, 0.4) is 0 Å². The third-order valence-electron chi connectivity index (χ3n) is 6.70. The number of amides is 2. The van der Waals surface area contributed by atoms with E-state index in [9.17, 15) is 19.2 Å². The minimum atomic E-state index is -1.06. The van der Waals surface area contributed by atoms with E-state index in [1.54, 1.807) is 53.6 Å². The first-order valence-corrected chi connectivity index (χ1v) is 14.5. The molecular formula is C30H39N3O8S. The molecule has 0 spiro atoms. The van der Waals surface area contributed by atoms with E-state index in [-0.39, 0.29) is 29.7 Å². The zero-order valence-electron chi connectivity index (χ0n) is 25.4. The normalized spacial score (nSPS) is 16.9. The largest absolute Gasteiger partial charge is 0.467 e. The number of fused-ring (bicyclic) bond motifs is 2. The Morgan fingerprint density at radius 3 is 2.31 bits per heavy atom. The second kappa shape index (κ2) is 12.0. The Bertz CT molecular complexity index is 1390. The number of ether oxygens (including phenoxy) is 4. The molecule has 12 heteroatoms. The van der Waals surface area contributed by atoms with Crippen LogP contribution in [0.25, 0.3) is 0 Å². The smallest absolute Gasteiger partial charge is 0.397 e. The predicted octanol–water partition coefficient (Wildman–Crippen LogP) is 3.87. The fourth-order valence-electron chi connectivity index (χ4n) is 4.94. The average molecular weight is 602 g/mol. The highest BCUT2D eigenvalue weighted by Crippen LogP contribution is 2.40. The second-order valence-electron chi connectivity index (χ2n) is 12.4. The number of nitrogens with zero attached hydrogens (tertiary/aromatic N) is 2. The Balaban J connectivity index is 1.61. The summed E-state index contributed by atoms with van der Waals surface area (Å²) >= 11 is 1.19. The molecule has 42 heavy (non-hydrogen) atoms. The lowest BCUT2D eigenvalue weighted by atomic mass is 9.95. The number of rotatable bonds is 6. The molecule has 2 amide bonds. The number of thiophene rings is 1. The van der Waals surface area contributed by atoms with Crippen LogP contribution < -0.4 is 10.1 Å². The van der Waals surface area contributed by atoms with Gasteiger partial charge >= 0.3 is 17.8 Å². The van der Waals surface area contributed by atoms with Crippen molar-refractivity contribution in [1.29, 1.82) is 0 Å². The van der Waals surface area contributed by atoms with Gasteiger partial charge in [-0.25, -0.2) is 9.59 Å². The Hall–Kier alpha value is -3.48. The highest BCUT2D eigenvalue weighted by molar-refractivity contribution is 7.17. The molecule has 1 aromatic carbocycles.